The molecule has 6 heteroatoms. The van der Waals surface area contributed by atoms with Gasteiger partial charge in [0.2, 0.25) is 0 Å². The molecular formula is C17H24N4O2. The number of nitrogens with one attached hydrogen (secondary N) is 1. The number of aromatic nitrogens is 2. The van der Waals surface area contributed by atoms with E-state index in [4.69, 9.17) is 4.74 Å². The summed E-state index contributed by atoms with van der Waals surface area (Å²) in [6.45, 7) is 2.52. The standard InChI is InChI=1S/C17H24N4O2/c22-16(14-3-1-2-8-23-14)21-7-5-17(11-21)9-13(10-17)20-15-4-6-18-12-19-15/h4,6,12-14H,1-3,5,7-11H2,(H,18,19,20). The van der Waals surface area contributed by atoms with Crippen molar-refractivity contribution >= 4 is 11.7 Å². The number of hydrogen-bond donors (Lipinski definition) is 1. The smallest absolute Gasteiger partial charge is 0.251 e. The third kappa shape index (κ3) is 3.04. The molecule has 0 radical (unpaired) electrons. The van der Waals surface area contributed by atoms with Gasteiger partial charge in [0.25, 0.3) is 5.91 Å². The van der Waals surface area contributed by atoms with E-state index in [1.165, 1.54) is 0 Å². The highest BCUT2D eigenvalue weighted by Crippen LogP contribution is 2.49. The van der Waals surface area contributed by atoms with Crippen LogP contribution in [0.15, 0.2) is 18.6 Å². The van der Waals surface area contributed by atoms with E-state index >= 15 is 0 Å². The average Bonchev–Trinajstić information content (AvgIpc) is 3.01. The molecule has 2 saturated heterocycles. The summed E-state index contributed by atoms with van der Waals surface area (Å²) in [5.41, 5.74) is 0.315. The number of hydrogen-bond acceptors (Lipinski definition) is 5. The molecule has 1 aromatic rings. The van der Waals surface area contributed by atoms with Gasteiger partial charge in [-0.1, -0.05) is 0 Å². The second-order valence-electron chi connectivity index (χ2n) is 7.21. The molecule has 1 N–H and O–H groups in total. The Morgan fingerprint density at radius 2 is 2.30 bits per heavy atom. The van der Waals surface area contributed by atoms with Crippen LogP contribution in [0.4, 0.5) is 5.82 Å². The molecule has 6 nitrogen and oxygen atoms in total. The summed E-state index contributed by atoms with van der Waals surface area (Å²) < 4.78 is 5.65. The fourth-order valence-corrected chi connectivity index (χ4v) is 4.27. The number of carbonyl (C=O) groups excluding carboxylic acids is 1. The van der Waals surface area contributed by atoms with Gasteiger partial charge >= 0.3 is 0 Å². The molecule has 1 amide bonds. The van der Waals surface area contributed by atoms with Gasteiger partial charge in [-0.15, -0.1) is 0 Å². The van der Waals surface area contributed by atoms with E-state index in [1.54, 1.807) is 12.5 Å². The first-order valence-corrected chi connectivity index (χ1v) is 8.67. The maximum atomic E-state index is 12.6. The molecule has 23 heavy (non-hydrogen) atoms. The van der Waals surface area contributed by atoms with Crippen LogP contribution >= 0.6 is 0 Å². The van der Waals surface area contributed by atoms with Gasteiger partial charge in [-0.3, -0.25) is 4.79 Å². The molecule has 3 fully saturated rings. The van der Waals surface area contributed by atoms with Crippen LogP contribution in [0, 0.1) is 5.41 Å². The molecule has 1 unspecified atom stereocenters. The van der Waals surface area contributed by atoms with E-state index in [9.17, 15) is 4.79 Å². The first-order valence-electron chi connectivity index (χ1n) is 8.67. The molecule has 2 aliphatic heterocycles. The Hall–Kier alpha value is -1.69. The molecule has 0 bridgehead atoms. The minimum Gasteiger partial charge on any atom is -0.368 e. The molecule has 4 rings (SSSR count). The van der Waals surface area contributed by atoms with Crippen molar-refractivity contribution in [2.75, 3.05) is 25.0 Å². The summed E-state index contributed by atoms with van der Waals surface area (Å²) >= 11 is 0. The van der Waals surface area contributed by atoms with E-state index in [-0.39, 0.29) is 12.0 Å². The van der Waals surface area contributed by atoms with Crippen LogP contribution in [-0.4, -0.2) is 52.6 Å². The minimum atomic E-state index is -0.186. The van der Waals surface area contributed by atoms with E-state index in [0.717, 1.165) is 64.0 Å². The fourth-order valence-electron chi connectivity index (χ4n) is 4.27. The highest BCUT2D eigenvalue weighted by molar-refractivity contribution is 5.81. The van der Waals surface area contributed by atoms with Crippen molar-refractivity contribution in [2.45, 2.75) is 50.7 Å². The first kappa shape index (κ1) is 14.9. The summed E-state index contributed by atoms with van der Waals surface area (Å²) in [5.74, 6) is 1.11. The van der Waals surface area contributed by atoms with E-state index in [0.29, 0.717) is 11.5 Å². The lowest BCUT2D eigenvalue weighted by atomic mass is 9.65. The zero-order valence-electron chi connectivity index (χ0n) is 13.4. The van der Waals surface area contributed by atoms with Crippen molar-refractivity contribution in [1.29, 1.82) is 0 Å². The van der Waals surface area contributed by atoms with Crippen molar-refractivity contribution < 1.29 is 9.53 Å². The van der Waals surface area contributed by atoms with Gasteiger partial charge in [-0.05, 0) is 50.0 Å². The lowest BCUT2D eigenvalue weighted by molar-refractivity contribution is -0.146. The molecule has 1 aromatic heterocycles. The van der Waals surface area contributed by atoms with Gasteiger partial charge in [0.1, 0.15) is 18.2 Å². The maximum Gasteiger partial charge on any atom is 0.251 e. The summed E-state index contributed by atoms with van der Waals surface area (Å²) in [7, 11) is 0. The Labute approximate surface area is 136 Å². The number of nitrogens with zero attached hydrogens (tertiary/aromatic N) is 3. The Kier molecular flexibility index (Phi) is 3.93. The van der Waals surface area contributed by atoms with Crippen molar-refractivity contribution in [2.24, 2.45) is 5.41 Å². The van der Waals surface area contributed by atoms with Gasteiger partial charge < -0.3 is 15.0 Å². The SMILES string of the molecule is O=C(C1CCCCO1)N1CCC2(CC(Nc3ccncn3)C2)C1. The Morgan fingerprint density at radius 3 is 3.04 bits per heavy atom. The second kappa shape index (κ2) is 6.07. The molecule has 1 aliphatic carbocycles. The van der Waals surface area contributed by atoms with Crippen LogP contribution in [-0.2, 0) is 9.53 Å². The van der Waals surface area contributed by atoms with Gasteiger partial charge in [-0.25, -0.2) is 9.97 Å². The van der Waals surface area contributed by atoms with Gasteiger partial charge in [0.05, 0.1) is 0 Å². The number of amides is 1. The van der Waals surface area contributed by atoms with E-state index < -0.39 is 0 Å². The molecular weight excluding hydrogens is 292 g/mol. The topological polar surface area (TPSA) is 67.3 Å². The lowest BCUT2D eigenvalue weighted by Crippen LogP contribution is -2.48. The molecule has 1 saturated carbocycles. The summed E-state index contributed by atoms with van der Waals surface area (Å²) in [5, 5.41) is 3.46. The Bertz CT molecular complexity index is 553. The van der Waals surface area contributed by atoms with Crippen LogP contribution in [0.3, 0.4) is 0 Å². The number of anilines is 1. The number of carbonyl (C=O) groups is 1. The number of likely N-dealkylation sites (tertiary alicyclic amines) is 1. The highest BCUT2D eigenvalue weighted by Gasteiger charge is 2.50. The van der Waals surface area contributed by atoms with Crippen molar-refractivity contribution in [3.63, 3.8) is 0 Å². The normalized spacial score (nSPS) is 33.5. The molecule has 3 heterocycles. The van der Waals surface area contributed by atoms with Crippen molar-refractivity contribution in [3.05, 3.63) is 18.6 Å². The molecule has 124 valence electrons. The quantitative estimate of drug-likeness (QED) is 0.921. The third-order valence-electron chi connectivity index (χ3n) is 5.50. The van der Waals surface area contributed by atoms with Crippen LogP contribution in [0.2, 0.25) is 0 Å². The number of rotatable bonds is 3. The zero-order chi connectivity index (χ0) is 15.7. The summed E-state index contributed by atoms with van der Waals surface area (Å²) in [6.07, 6.45) is 9.58. The minimum absolute atomic E-state index is 0.186. The van der Waals surface area contributed by atoms with Gasteiger partial charge in [0, 0.05) is 31.9 Å². The monoisotopic (exact) mass is 316 g/mol. The van der Waals surface area contributed by atoms with E-state index in [1.807, 2.05) is 11.0 Å². The predicted molar refractivity (Wildman–Crippen MR) is 85.9 cm³/mol. The lowest BCUT2D eigenvalue weighted by Gasteiger charge is -2.45. The highest BCUT2D eigenvalue weighted by atomic mass is 16.5. The van der Waals surface area contributed by atoms with Crippen LogP contribution in [0.25, 0.3) is 0 Å². The average molecular weight is 316 g/mol. The van der Waals surface area contributed by atoms with Crippen molar-refractivity contribution in [3.8, 4) is 0 Å². The molecule has 0 aromatic carbocycles. The fraction of sp³-hybridized carbons (Fsp3) is 0.706. The Balaban J connectivity index is 1.28. The van der Waals surface area contributed by atoms with Crippen molar-refractivity contribution in [1.82, 2.24) is 14.9 Å². The maximum absolute atomic E-state index is 12.6. The molecule has 1 atom stereocenters. The second-order valence-corrected chi connectivity index (χ2v) is 7.21. The summed E-state index contributed by atoms with van der Waals surface area (Å²) in [6, 6.07) is 2.36. The molecule has 1 spiro atoms. The van der Waals surface area contributed by atoms with Crippen LogP contribution in [0.1, 0.15) is 38.5 Å². The van der Waals surface area contributed by atoms with Crippen LogP contribution < -0.4 is 5.32 Å². The van der Waals surface area contributed by atoms with Gasteiger partial charge in [0.15, 0.2) is 0 Å². The summed E-state index contributed by atoms with van der Waals surface area (Å²) in [4.78, 5) is 22.8. The van der Waals surface area contributed by atoms with Crippen LogP contribution in [0.5, 0.6) is 0 Å². The predicted octanol–water partition coefficient (Wildman–Crippen LogP) is 1.84. The number of ether oxygens (including phenoxy) is 1. The van der Waals surface area contributed by atoms with E-state index in [2.05, 4.69) is 15.3 Å². The zero-order valence-corrected chi connectivity index (χ0v) is 13.4. The first-order chi connectivity index (χ1) is 11.2. The molecule has 3 aliphatic rings. The van der Waals surface area contributed by atoms with Gasteiger partial charge in [-0.2, -0.15) is 0 Å². The third-order valence-corrected chi connectivity index (χ3v) is 5.50. The largest absolute Gasteiger partial charge is 0.368 e. The Morgan fingerprint density at radius 1 is 1.39 bits per heavy atom.